The van der Waals surface area contributed by atoms with Gasteiger partial charge in [0.2, 0.25) is 5.91 Å². The third kappa shape index (κ3) is 17.1. The normalized spacial score (nSPS) is 12.7. The molecule has 0 rings (SSSR count). The van der Waals surface area contributed by atoms with E-state index in [2.05, 4.69) is 6.92 Å². The Morgan fingerprint density at radius 3 is 1.42 bits per heavy atom. The molecule has 0 aliphatic rings. The molecule has 1 amide bonds. The van der Waals surface area contributed by atoms with Crippen molar-refractivity contribution >= 4 is 33.9 Å². The topological polar surface area (TPSA) is 187 Å². The fourth-order valence-electron chi connectivity index (χ4n) is 4.19. The zero-order valence-electron chi connectivity index (χ0n) is 22.5. The Bertz CT molecular complexity index is 869. The zero-order valence-corrected chi connectivity index (χ0v) is 23.3. The number of hydrogen-bond acceptors (Lipinski definition) is 6. The molecular formula is C26H45NO10S. The first-order valence-electron chi connectivity index (χ1n) is 13.6. The number of carboxylic acids is 3. The summed E-state index contributed by atoms with van der Waals surface area (Å²) in [5.41, 5.74) is 0. The number of amides is 1. The largest absolute Gasteiger partial charge is 0.481 e. The smallest absolute Gasteiger partial charge is 0.350 e. The van der Waals surface area contributed by atoms with Gasteiger partial charge in [-0.2, -0.15) is 8.42 Å². The van der Waals surface area contributed by atoms with Crippen molar-refractivity contribution in [1.29, 1.82) is 0 Å². The average Bonchev–Trinajstić information content (AvgIpc) is 2.82. The number of carboxylic acid groups (broad SMARTS) is 3. The van der Waals surface area contributed by atoms with Gasteiger partial charge in [-0.05, 0) is 6.42 Å². The summed E-state index contributed by atoms with van der Waals surface area (Å²) in [7, 11) is -5.26. The van der Waals surface area contributed by atoms with Gasteiger partial charge in [-0.3, -0.25) is 14.1 Å². The molecule has 11 nitrogen and oxygen atoms in total. The second-order valence-electron chi connectivity index (χ2n) is 9.58. The highest BCUT2D eigenvalue weighted by Gasteiger charge is 2.33. The molecule has 1 atom stereocenters. The summed E-state index contributed by atoms with van der Waals surface area (Å²) in [5, 5.41) is 27.4. The first-order valence-corrected chi connectivity index (χ1v) is 15.0. The van der Waals surface area contributed by atoms with Crippen LogP contribution in [0.4, 0.5) is 0 Å². The summed E-state index contributed by atoms with van der Waals surface area (Å²) in [6.45, 7) is 2.01. The van der Waals surface area contributed by atoms with Gasteiger partial charge in [-0.1, -0.05) is 103 Å². The Labute approximate surface area is 226 Å². The van der Waals surface area contributed by atoms with Gasteiger partial charge in [-0.25, -0.2) is 9.59 Å². The second-order valence-corrected chi connectivity index (χ2v) is 11.0. The molecule has 0 heterocycles. The van der Waals surface area contributed by atoms with Gasteiger partial charge >= 0.3 is 28.0 Å². The van der Waals surface area contributed by atoms with Gasteiger partial charge in [0.1, 0.15) is 6.04 Å². The van der Waals surface area contributed by atoms with Crippen molar-refractivity contribution in [3.05, 3.63) is 11.0 Å². The quantitative estimate of drug-likeness (QED) is 0.0717. The Hall–Kier alpha value is -2.47. The Morgan fingerprint density at radius 2 is 1.11 bits per heavy atom. The first-order chi connectivity index (χ1) is 17.9. The van der Waals surface area contributed by atoms with Crippen LogP contribution in [-0.2, 0) is 29.3 Å². The minimum absolute atomic E-state index is 0.0991. The van der Waals surface area contributed by atoms with Gasteiger partial charge in [0.15, 0.2) is 4.91 Å². The van der Waals surface area contributed by atoms with Crippen LogP contribution in [0.15, 0.2) is 11.0 Å². The average molecular weight is 564 g/mol. The van der Waals surface area contributed by atoms with Crippen molar-refractivity contribution in [2.45, 2.75) is 122 Å². The molecule has 38 heavy (non-hydrogen) atoms. The third-order valence-corrected chi connectivity index (χ3v) is 7.16. The van der Waals surface area contributed by atoms with Crippen molar-refractivity contribution < 1.29 is 47.5 Å². The molecule has 0 saturated heterocycles. The molecule has 4 N–H and O–H groups in total. The van der Waals surface area contributed by atoms with E-state index in [1.165, 1.54) is 64.2 Å². The van der Waals surface area contributed by atoms with Gasteiger partial charge in [-0.15, -0.1) is 0 Å². The molecule has 0 aromatic heterocycles. The lowest BCUT2D eigenvalue weighted by atomic mass is 10.0. The van der Waals surface area contributed by atoms with E-state index in [0.29, 0.717) is 17.7 Å². The van der Waals surface area contributed by atoms with Gasteiger partial charge in [0, 0.05) is 12.6 Å². The maximum Gasteiger partial charge on any atom is 0.350 e. The number of rotatable bonds is 24. The van der Waals surface area contributed by atoms with E-state index >= 15 is 0 Å². The van der Waals surface area contributed by atoms with Crippen LogP contribution in [0.3, 0.4) is 0 Å². The summed E-state index contributed by atoms with van der Waals surface area (Å²) in [6.07, 6.45) is 16.9. The number of carbonyl (C=O) groups is 4. The molecule has 0 fully saturated rings. The van der Waals surface area contributed by atoms with Crippen LogP contribution in [0.5, 0.6) is 0 Å². The molecule has 0 radical (unpaired) electrons. The van der Waals surface area contributed by atoms with Crippen molar-refractivity contribution in [1.82, 2.24) is 4.90 Å². The predicted octanol–water partition coefficient (Wildman–Crippen LogP) is 4.86. The van der Waals surface area contributed by atoms with Crippen LogP contribution in [0.25, 0.3) is 0 Å². The summed E-state index contributed by atoms with van der Waals surface area (Å²) >= 11 is 0. The monoisotopic (exact) mass is 563 g/mol. The van der Waals surface area contributed by atoms with E-state index in [1.807, 2.05) is 0 Å². The summed E-state index contributed by atoms with van der Waals surface area (Å²) in [4.78, 5) is 45.4. The van der Waals surface area contributed by atoms with Crippen LogP contribution < -0.4 is 0 Å². The van der Waals surface area contributed by atoms with Crippen LogP contribution >= 0.6 is 0 Å². The molecular weight excluding hydrogens is 518 g/mol. The van der Waals surface area contributed by atoms with E-state index in [1.54, 1.807) is 0 Å². The van der Waals surface area contributed by atoms with E-state index < -0.39 is 51.3 Å². The highest BCUT2D eigenvalue weighted by Crippen LogP contribution is 2.16. The maximum absolute atomic E-state index is 12.6. The summed E-state index contributed by atoms with van der Waals surface area (Å²) < 4.78 is 31.5. The van der Waals surface area contributed by atoms with E-state index in [4.69, 9.17) is 14.8 Å². The molecule has 0 aliphatic heterocycles. The van der Waals surface area contributed by atoms with Gasteiger partial charge in [0.25, 0.3) is 0 Å². The lowest BCUT2D eigenvalue weighted by Crippen LogP contribution is -2.46. The highest BCUT2D eigenvalue weighted by atomic mass is 32.2. The summed E-state index contributed by atoms with van der Waals surface area (Å²) in [6, 6.07) is -1.83. The molecule has 1 unspecified atom stereocenters. The van der Waals surface area contributed by atoms with Crippen LogP contribution in [0.1, 0.15) is 116 Å². The van der Waals surface area contributed by atoms with Crippen LogP contribution in [0.2, 0.25) is 0 Å². The fourth-order valence-corrected chi connectivity index (χ4v) is 4.66. The van der Waals surface area contributed by atoms with Gasteiger partial charge < -0.3 is 20.2 Å². The molecule has 0 saturated carbocycles. The fraction of sp³-hybridized carbons (Fsp3) is 0.769. The lowest BCUT2D eigenvalue weighted by molar-refractivity contribution is -0.153. The lowest BCUT2D eigenvalue weighted by Gasteiger charge is -2.27. The van der Waals surface area contributed by atoms with Crippen LogP contribution in [-0.4, -0.2) is 69.6 Å². The maximum atomic E-state index is 12.6. The van der Waals surface area contributed by atoms with Gasteiger partial charge in [0.05, 0.1) is 6.42 Å². The third-order valence-electron chi connectivity index (χ3n) is 6.31. The molecule has 0 spiro atoms. The number of nitrogens with zero attached hydrogens (tertiary/aromatic N) is 1. The van der Waals surface area contributed by atoms with Crippen LogP contribution in [0, 0.1) is 0 Å². The Kier molecular flexibility index (Phi) is 19.2. The zero-order chi connectivity index (χ0) is 29.0. The molecule has 0 bridgehead atoms. The minimum atomic E-state index is -5.26. The predicted molar refractivity (Wildman–Crippen MR) is 142 cm³/mol. The standard InChI is InChI=1S/C26H45NO10S/c1-2-3-4-5-6-7-8-9-10-11-12-13-14-15-16-17-18-27(21(25(31)32)19-24(29)30)23(28)20-22(26(33)34)38(35,36)37/h20-21H,2-19H2,1H3,(H,29,30)(H,31,32)(H,33,34)(H,35,36,37). The Balaban J connectivity index is 4.57. The minimum Gasteiger partial charge on any atom is -0.481 e. The number of hydrogen-bond donors (Lipinski definition) is 4. The summed E-state index contributed by atoms with van der Waals surface area (Å²) in [5.74, 6) is -6.56. The Morgan fingerprint density at radius 1 is 0.711 bits per heavy atom. The number of unbranched alkanes of at least 4 members (excludes halogenated alkanes) is 15. The van der Waals surface area contributed by atoms with E-state index in [0.717, 1.165) is 25.7 Å². The first kappa shape index (κ1) is 35.5. The molecule has 0 aromatic carbocycles. The van der Waals surface area contributed by atoms with Crippen molar-refractivity contribution in [2.75, 3.05) is 6.54 Å². The molecule has 0 aliphatic carbocycles. The SMILES string of the molecule is CCCCCCCCCCCCCCCCCCN(C(=O)C=C(C(=O)O)S(=O)(=O)O)C(CC(=O)O)C(=O)O. The van der Waals surface area contributed by atoms with E-state index in [9.17, 15) is 32.7 Å². The van der Waals surface area contributed by atoms with E-state index in [-0.39, 0.29) is 12.6 Å². The highest BCUT2D eigenvalue weighted by molar-refractivity contribution is 7.90. The molecule has 12 heteroatoms. The second kappa shape index (κ2) is 20.5. The molecule has 0 aromatic rings. The number of aliphatic carboxylic acids is 3. The van der Waals surface area contributed by atoms with Crippen molar-refractivity contribution in [3.8, 4) is 0 Å². The van der Waals surface area contributed by atoms with Crippen molar-refractivity contribution in [2.24, 2.45) is 0 Å². The van der Waals surface area contributed by atoms with Crippen molar-refractivity contribution in [3.63, 3.8) is 0 Å². The molecule has 220 valence electrons. The number of carbonyl (C=O) groups excluding carboxylic acids is 1.